The third-order valence-corrected chi connectivity index (χ3v) is 4.16. The van der Waals surface area contributed by atoms with E-state index in [1.54, 1.807) is 6.08 Å². The van der Waals surface area contributed by atoms with Crippen molar-refractivity contribution in [2.45, 2.75) is 20.8 Å². The van der Waals surface area contributed by atoms with Crippen LogP contribution in [0.15, 0.2) is 48.0 Å². The van der Waals surface area contributed by atoms with Gasteiger partial charge in [0.1, 0.15) is 11.3 Å². The first-order valence-electron chi connectivity index (χ1n) is 8.17. The van der Waals surface area contributed by atoms with E-state index in [9.17, 15) is 9.59 Å². The molecule has 0 bridgehead atoms. The Morgan fingerprint density at radius 2 is 1.84 bits per heavy atom. The summed E-state index contributed by atoms with van der Waals surface area (Å²) in [6.45, 7) is 6.36. The lowest BCUT2D eigenvalue weighted by Crippen LogP contribution is -2.35. The zero-order valence-electron chi connectivity index (χ0n) is 14.5. The first-order valence-corrected chi connectivity index (χ1v) is 8.17. The highest BCUT2D eigenvalue weighted by Crippen LogP contribution is 2.26. The van der Waals surface area contributed by atoms with Crippen LogP contribution in [0.1, 0.15) is 23.6 Å². The Kier molecular flexibility index (Phi) is 4.57. The van der Waals surface area contributed by atoms with Crippen LogP contribution in [-0.2, 0) is 9.59 Å². The molecule has 2 aromatic rings. The highest BCUT2D eigenvalue weighted by atomic mass is 16.5. The van der Waals surface area contributed by atoms with Crippen molar-refractivity contribution in [2.24, 2.45) is 0 Å². The number of anilines is 1. The van der Waals surface area contributed by atoms with E-state index in [0.717, 1.165) is 11.1 Å². The number of hydrazine groups is 1. The van der Waals surface area contributed by atoms with E-state index in [4.69, 9.17) is 4.74 Å². The predicted molar refractivity (Wildman–Crippen MR) is 97.1 cm³/mol. The maximum absolute atomic E-state index is 12.7. The van der Waals surface area contributed by atoms with Gasteiger partial charge < -0.3 is 4.74 Å². The van der Waals surface area contributed by atoms with Crippen LogP contribution in [-0.4, -0.2) is 18.4 Å². The summed E-state index contributed by atoms with van der Waals surface area (Å²) < 4.78 is 5.56. The van der Waals surface area contributed by atoms with Crippen molar-refractivity contribution in [2.75, 3.05) is 11.6 Å². The largest absolute Gasteiger partial charge is 0.493 e. The van der Waals surface area contributed by atoms with Crippen molar-refractivity contribution in [1.29, 1.82) is 0 Å². The van der Waals surface area contributed by atoms with E-state index in [1.165, 1.54) is 5.01 Å². The normalized spacial score (nSPS) is 15.6. The third kappa shape index (κ3) is 3.26. The Bertz CT molecular complexity index is 871. The number of nitrogens with one attached hydrogen (secondary N) is 1. The van der Waals surface area contributed by atoms with E-state index < -0.39 is 5.91 Å². The number of ether oxygens (including phenoxy) is 1. The van der Waals surface area contributed by atoms with Crippen LogP contribution in [0.3, 0.4) is 0 Å². The van der Waals surface area contributed by atoms with Crippen molar-refractivity contribution in [3.63, 3.8) is 0 Å². The number of carbonyl (C=O) groups is 2. The first kappa shape index (κ1) is 16.8. The fourth-order valence-electron chi connectivity index (χ4n) is 2.65. The maximum Gasteiger partial charge on any atom is 0.282 e. The van der Waals surface area contributed by atoms with E-state index in [-0.39, 0.29) is 11.5 Å². The molecule has 1 N–H and O–H groups in total. The van der Waals surface area contributed by atoms with Crippen molar-refractivity contribution in [3.05, 3.63) is 64.7 Å². The summed E-state index contributed by atoms with van der Waals surface area (Å²) in [5.74, 6) is -0.156. The number of amides is 2. The summed E-state index contributed by atoms with van der Waals surface area (Å²) in [4.78, 5) is 25.0. The molecule has 128 valence electrons. The van der Waals surface area contributed by atoms with E-state index in [0.29, 0.717) is 23.6 Å². The number of benzene rings is 2. The molecule has 2 aromatic carbocycles. The minimum absolute atomic E-state index is 0.0883. The Morgan fingerprint density at radius 1 is 1.08 bits per heavy atom. The average Bonchev–Trinajstić information content (AvgIpc) is 2.87. The molecular formula is C20H20N2O3. The van der Waals surface area contributed by atoms with Gasteiger partial charge in [-0.05, 0) is 56.2 Å². The van der Waals surface area contributed by atoms with E-state index in [1.807, 2.05) is 63.2 Å². The van der Waals surface area contributed by atoms with Gasteiger partial charge in [0.25, 0.3) is 11.8 Å². The van der Waals surface area contributed by atoms with E-state index >= 15 is 0 Å². The number of hydrogen-bond acceptors (Lipinski definition) is 3. The summed E-state index contributed by atoms with van der Waals surface area (Å²) in [7, 11) is 0. The number of aryl methyl sites for hydroxylation is 2. The molecule has 0 atom stereocenters. The Hall–Kier alpha value is -3.08. The lowest BCUT2D eigenvalue weighted by molar-refractivity contribution is -0.117. The summed E-state index contributed by atoms with van der Waals surface area (Å²) in [5, 5.41) is 1.28. The van der Waals surface area contributed by atoms with Crippen LogP contribution in [0.5, 0.6) is 5.75 Å². The third-order valence-electron chi connectivity index (χ3n) is 4.16. The zero-order chi connectivity index (χ0) is 18.0. The molecule has 3 rings (SSSR count). The predicted octanol–water partition coefficient (Wildman–Crippen LogP) is 3.16. The molecular weight excluding hydrogens is 316 g/mol. The molecule has 0 aromatic heterocycles. The smallest absolute Gasteiger partial charge is 0.282 e. The monoisotopic (exact) mass is 336 g/mol. The Balaban J connectivity index is 1.95. The van der Waals surface area contributed by atoms with Gasteiger partial charge in [-0.1, -0.05) is 24.3 Å². The lowest BCUT2D eigenvalue weighted by atomic mass is 10.1. The maximum atomic E-state index is 12.7. The number of carbonyl (C=O) groups excluding carboxylic acids is 2. The number of hydrogen-bond donors (Lipinski definition) is 1. The molecule has 0 unspecified atom stereocenters. The summed E-state index contributed by atoms with van der Waals surface area (Å²) in [6, 6.07) is 12.9. The molecule has 0 radical (unpaired) electrons. The molecule has 1 saturated heterocycles. The SMILES string of the molecule is CCOc1ccccc1C=C1C(=O)NN(c2ccc(C)c(C)c2)C1=O. The highest BCUT2D eigenvalue weighted by molar-refractivity contribution is 6.31. The van der Waals surface area contributed by atoms with Crippen molar-refractivity contribution < 1.29 is 14.3 Å². The zero-order valence-corrected chi connectivity index (χ0v) is 14.5. The quantitative estimate of drug-likeness (QED) is 0.689. The van der Waals surface area contributed by atoms with Crippen LogP contribution in [0.25, 0.3) is 6.08 Å². The fourth-order valence-corrected chi connectivity index (χ4v) is 2.65. The molecule has 5 nitrogen and oxygen atoms in total. The Labute approximate surface area is 146 Å². The summed E-state index contributed by atoms with van der Waals surface area (Å²) in [6.07, 6.45) is 1.57. The minimum atomic E-state index is -0.422. The standard InChI is InChI=1S/C20H20N2O3/c1-4-25-18-8-6-5-7-15(18)12-17-19(23)21-22(20(17)24)16-10-9-13(2)14(3)11-16/h5-12H,4H2,1-3H3,(H,21,23). The van der Waals surface area contributed by atoms with Gasteiger partial charge in [-0.25, -0.2) is 5.01 Å². The van der Waals surface area contributed by atoms with Gasteiger partial charge >= 0.3 is 0 Å². The number of rotatable bonds is 4. The van der Waals surface area contributed by atoms with Crippen LogP contribution in [0.2, 0.25) is 0 Å². The van der Waals surface area contributed by atoms with Crippen LogP contribution in [0.4, 0.5) is 5.69 Å². The minimum Gasteiger partial charge on any atom is -0.493 e. The van der Waals surface area contributed by atoms with Gasteiger partial charge in [0, 0.05) is 5.56 Å². The molecule has 1 heterocycles. The van der Waals surface area contributed by atoms with Gasteiger partial charge in [-0.3, -0.25) is 15.0 Å². The Morgan fingerprint density at radius 3 is 2.56 bits per heavy atom. The van der Waals surface area contributed by atoms with Gasteiger partial charge in [0.15, 0.2) is 0 Å². The second-order valence-electron chi connectivity index (χ2n) is 5.88. The summed E-state index contributed by atoms with van der Waals surface area (Å²) >= 11 is 0. The fraction of sp³-hybridized carbons (Fsp3) is 0.200. The van der Waals surface area contributed by atoms with Crippen molar-refractivity contribution >= 4 is 23.6 Å². The molecule has 1 aliphatic rings. The van der Waals surface area contributed by atoms with Gasteiger partial charge in [-0.2, -0.15) is 0 Å². The summed E-state index contributed by atoms with van der Waals surface area (Å²) in [5.41, 5.74) is 6.24. The second kappa shape index (κ2) is 6.81. The lowest BCUT2D eigenvalue weighted by Gasteiger charge is -2.16. The van der Waals surface area contributed by atoms with Crippen LogP contribution < -0.4 is 15.2 Å². The molecule has 25 heavy (non-hydrogen) atoms. The first-order chi connectivity index (χ1) is 12.0. The number of nitrogens with zero attached hydrogens (tertiary/aromatic N) is 1. The van der Waals surface area contributed by atoms with Crippen molar-refractivity contribution in [1.82, 2.24) is 5.43 Å². The second-order valence-corrected chi connectivity index (χ2v) is 5.88. The van der Waals surface area contributed by atoms with Gasteiger partial charge in [0.2, 0.25) is 0 Å². The molecule has 1 aliphatic heterocycles. The highest BCUT2D eigenvalue weighted by Gasteiger charge is 2.34. The van der Waals surface area contributed by atoms with Crippen LogP contribution >= 0.6 is 0 Å². The molecule has 0 aliphatic carbocycles. The van der Waals surface area contributed by atoms with Crippen molar-refractivity contribution in [3.8, 4) is 5.75 Å². The van der Waals surface area contributed by atoms with Gasteiger partial charge in [0.05, 0.1) is 12.3 Å². The number of para-hydroxylation sites is 1. The molecule has 0 spiro atoms. The van der Waals surface area contributed by atoms with E-state index in [2.05, 4.69) is 5.43 Å². The molecule has 2 amide bonds. The molecule has 5 heteroatoms. The van der Waals surface area contributed by atoms with Gasteiger partial charge in [-0.15, -0.1) is 0 Å². The average molecular weight is 336 g/mol. The topological polar surface area (TPSA) is 58.6 Å². The molecule has 0 saturated carbocycles. The molecule has 1 fully saturated rings. The van der Waals surface area contributed by atoms with Crippen LogP contribution in [0, 0.1) is 13.8 Å².